The average molecular weight is 225 g/mol. The van der Waals surface area contributed by atoms with E-state index in [9.17, 15) is 0 Å². The maximum Gasteiger partial charge on any atom is 0.560 e. The van der Waals surface area contributed by atoms with E-state index in [4.69, 9.17) is 0 Å². The molecule has 0 unspecified atom stereocenters. The van der Waals surface area contributed by atoms with Gasteiger partial charge in [-0.2, -0.15) is 0 Å². The lowest BCUT2D eigenvalue weighted by Gasteiger charge is -1.33. The van der Waals surface area contributed by atoms with Crippen molar-refractivity contribution >= 4 is 41.8 Å². The summed E-state index contributed by atoms with van der Waals surface area (Å²) in [5.41, 5.74) is 0. The Morgan fingerprint density at radius 2 is 1.50 bits per heavy atom. The highest BCUT2D eigenvalue weighted by Crippen LogP contribution is 1.77. The first kappa shape index (κ1) is 10.4. The lowest BCUT2D eigenvalue weighted by Crippen LogP contribution is -1.31. The molecule has 1 radical (unpaired) electrons. The summed E-state index contributed by atoms with van der Waals surface area (Å²) in [6, 6.07) is 0. The van der Waals surface area contributed by atoms with Crippen molar-refractivity contribution < 1.29 is 0 Å². The lowest BCUT2D eigenvalue weighted by atomic mass is 10.8. The molecule has 0 aliphatic heterocycles. The molecule has 0 fully saturated rings. The molecule has 0 aliphatic rings. The Morgan fingerprint density at radius 3 is 1.50 bits per heavy atom. The molecule has 0 heterocycles. The Kier molecular flexibility index (Phi) is 28.0. The molecule has 0 aromatic carbocycles. The van der Waals surface area contributed by atoms with Crippen molar-refractivity contribution in [2.75, 3.05) is 0 Å². The van der Waals surface area contributed by atoms with Crippen LogP contribution in [0.5, 0.6) is 0 Å². The molecule has 0 aromatic rings. The van der Waals surface area contributed by atoms with Crippen LogP contribution in [-0.4, -0.2) is 16.0 Å². The third-order valence-electron chi connectivity index (χ3n) is 0. The van der Waals surface area contributed by atoms with Gasteiger partial charge in [-0.3, -0.25) is 25.8 Å². The van der Waals surface area contributed by atoms with Gasteiger partial charge in [0.1, 0.15) is 0 Å². The molecule has 33 valence electrons. The van der Waals surface area contributed by atoms with Crippen molar-refractivity contribution in [3.05, 3.63) is 19.6 Å². The SMILES string of the molecule is [Br][Mg][Br].[CH2]C=C. The van der Waals surface area contributed by atoms with Gasteiger partial charge in [0.05, 0.1) is 0 Å². The highest BCUT2D eigenvalue weighted by Gasteiger charge is 1.62. The largest absolute Gasteiger partial charge is 0.560 e. The van der Waals surface area contributed by atoms with Crippen molar-refractivity contribution in [3.63, 3.8) is 0 Å². The molecule has 3 heteroatoms. The van der Waals surface area contributed by atoms with E-state index in [0.717, 1.165) is 0 Å². The fourth-order valence-electron chi connectivity index (χ4n) is 0. The number of halogens is 2. The summed E-state index contributed by atoms with van der Waals surface area (Å²) >= 11 is 6.44. The van der Waals surface area contributed by atoms with Gasteiger partial charge in [0.2, 0.25) is 0 Å². The Balaban J connectivity index is 0. The second-order valence-electron chi connectivity index (χ2n) is 0.390. The molecule has 0 aromatic heterocycles. The van der Waals surface area contributed by atoms with E-state index in [1.165, 1.54) is 6.08 Å². The second-order valence-corrected chi connectivity index (χ2v) is 8.47. The molecule has 0 saturated heterocycles. The van der Waals surface area contributed by atoms with Crippen LogP contribution in [0.4, 0.5) is 0 Å². The quantitative estimate of drug-likeness (QED) is 0.555. The van der Waals surface area contributed by atoms with E-state index >= 15 is 0 Å². The third kappa shape index (κ3) is 50.7. The van der Waals surface area contributed by atoms with Gasteiger partial charge in [-0.25, -0.2) is 0 Å². The summed E-state index contributed by atoms with van der Waals surface area (Å²) in [6.45, 7) is 6.50. The lowest BCUT2D eigenvalue weighted by molar-refractivity contribution is 2.19. The smallest absolute Gasteiger partial charge is 0.280 e. The van der Waals surface area contributed by atoms with Crippen molar-refractivity contribution in [3.8, 4) is 0 Å². The van der Waals surface area contributed by atoms with Crippen molar-refractivity contribution in [2.45, 2.75) is 0 Å². The number of rotatable bonds is 0. The van der Waals surface area contributed by atoms with Gasteiger partial charge in [-0.1, -0.05) is 6.08 Å². The summed E-state index contributed by atoms with van der Waals surface area (Å²) in [6.07, 6.45) is 1.50. The molecule has 0 atom stereocenters. The molecule has 0 spiro atoms. The molecular formula is C3H5Br2Mg. The molecule has 0 nitrogen and oxygen atoms in total. The summed E-state index contributed by atoms with van der Waals surface area (Å²) in [4.78, 5) is 0. The maximum absolute atomic E-state index is 3.25. The predicted octanol–water partition coefficient (Wildman–Crippen LogP) is 2.32. The zero-order valence-electron chi connectivity index (χ0n) is 3.45. The summed E-state index contributed by atoms with van der Waals surface area (Å²) in [5.74, 6) is 0. The first-order valence-electron chi connectivity index (χ1n) is 1.35. The van der Waals surface area contributed by atoms with E-state index < -0.39 is 0 Å². The first-order valence-corrected chi connectivity index (χ1v) is 9.15. The van der Waals surface area contributed by atoms with Crippen molar-refractivity contribution in [1.82, 2.24) is 0 Å². The van der Waals surface area contributed by atoms with Gasteiger partial charge >= 0.3 is 16.0 Å². The van der Waals surface area contributed by atoms with Crippen LogP contribution in [0.1, 0.15) is 0 Å². The number of hydrogen-bond donors (Lipinski definition) is 0. The maximum atomic E-state index is 3.25. The van der Waals surface area contributed by atoms with Crippen LogP contribution >= 0.6 is 25.8 Å². The Labute approximate surface area is 60.8 Å². The van der Waals surface area contributed by atoms with Gasteiger partial charge in [0, 0.05) is 0 Å². The fourth-order valence-corrected chi connectivity index (χ4v) is 0. The zero-order valence-corrected chi connectivity index (χ0v) is 8.04. The highest BCUT2D eigenvalue weighted by atomic mass is 79.9. The van der Waals surface area contributed by atoms with Crippen LogP contribution < -0.4 is 0 Å². The molecule has 0 aliphatic carbocycles. The minimum Gasteiger partial charge on any atom is -0.280 e. The van der Waals surface area contributed by atoms with Gasteiger partial charge in [0.25, 0.3) is 0 Å². The monoisotopic (exact) mass is 223 g/mol. The molecule has 0 amide bonds. The predicted molar refractivity (Wildman–Crippen MR) is 39.2 cm³/mol. The normalized spacial score (nSPS) is 3.83. The van der Waals surface area contributed by atoms with E-state index in [2.05, 4.69) is 39.3 Å². The molecule has 0 rings (SSSR count). The topological polar surface area (TPSA) is 0 Å². The van der Waals surface area contributed by atoms with Crippen LogP contribution in [0.2, 0.25) is 0 Å². The average Bonchev–Trinajstić information content (AvgIpc) is 1.39. The summed E-state index contributed by atoms with van der Waals surface area (Å²) in [7, 11) is 0. The third-order valence-corrected chi connectivity index (χ3v) is 0. The fraction of sp³-hybridized carbons (Fsp3) is 0. The van der Waals surface area contributed by atoms with Crippen molar-refractivity contribution in [2.24, 2.45) is 0 Å². The molecule has 6 heavy (non-hydrogen) atoms. The van der Waals surface area contributed by atoms with E-state index in [1.807, 2.05) is 0 Å². The van der Waals surface area contributed by atoms with E-state index in [1.54, 1.807) is 0 Å². The highest BCUT2D eigenvalue weighted by molar-refractivity contribution is 9.47. The van der Waals surface area contributed by atoms with Crippen LogP contribution in [0.3, 0.4) is 0 Å². The van der Waals surface area contributed by atoms with Gasteiger partial charge < -0.3 is 0 Å². The van der Waals surface area contributed by atoms with E-state index in [0.29, 0.717) is 0 Å². The Bertz CT molecular complexity index is 22.8. The van der Waals surface area contributed by atoms with Gasteiger partial charge in [-0.05, 0) is 6.92 Å². The zero-order chi connectivity index (χ0) is 5.41. The van der Waals surface area contributed by atoms with Crippen molar-refractivity contribution in [1.29, 1.82) is 0 Å². The van der Waals surface area contributed by atoms with Crippen LogP contribution in [-0.2, 0) is 0 Å². The van der Waals surface area contributed by atoms with Gasteiger partial charge in [0.15, 0.2) is 0 Å². The number of allylic oxidation sites excluding steroid dienone is 1. The molecular weight excluding hydrogens is 220 g/mol. The van der Waals surface area contributed by atoms with Crippen LogP contribution in [0.25, 0.3) is 0 Å². The summed E-state index contributed by atoms with van der Waals surface area (Å²) < 4.78 is 0. The minimum absolute atomic E-state index is 0.0417. The van der Waals surface area contributed by atoms with Crippen LogP contribution in [0.15, 0.2) is 12.7 Å². The Morgan fingerprint density at radius 1 is 1.50 bits per heavy atom. The van der Waals surface area contributed by atoms with E-state index in [-0.39, 0.29) is 16.0 Å². The molecule has 0 saturated carbocycles. The van der Waals surface area contributed by atoms with Gasteiger partial charge in [-0.15, -0.1) is 6.58 Å². The summed E-state index contributed by atoms with van der Waals surface area (Å²) in [5, 5.41) is 0. The molecule has 0 bridgehead atoms. The Hall–Kier alpha value is 1.47. The number of hydrogen-bond acceptors (Lipinski definition) is 0. The minimum atomic E-state index is 0.0417. The second kappa shape index (κ2) is 16.1. The molecule has 0 N–H and O–H groups in total. The van der Waals surface area contributed by atoms with Crippen LogP contribution in [0, 0.1) is 6.92 Å². The first-order chi connectivity index (χ1) is 2.83. The standard InChI is InChI=1S/C3H5.2BrH.Mg/c1-3-2;;;/h3H,1-2H2;2*1H;/q;;;+2/p-2.